The summed E-state index contributed by atoms with van der Waals surface area (Å²) in [6, 6.07) is 8.48. The van der Waals surface area contributed by atoms with E-state index in [0.717, 1.165) is 6.42 Å². The fourth-order valence-corrected chi connectivity index (χ4v) is 2.53. The molecule has 3 aromatic rings. The van der Waals surface area contributed by atoms with Gasteiger partial charge in [-0.05, 0) is 5.56 Å². The van der Waals surface area contributed by atoms with Crippen molar-refractivity contribution in [3.63, 3.8) is 0 Å². The zero-order chi connectivity index (χ0) is 11.9. The fraction of sp³-hybridized carbons (Fsp3) is 0.154. The van der Waals surface area contributed by atoms with Crippen molar-refractivity contribution in [2.75, 3.05) is 0 Å². The summed E-state index contributed by atoms with van der Waals surface area (Å²) >= 11 is 0. The van der Waals surface area contributed by atoms with Crippen molar-refractivity contribution in [2.24, 2.45) is 0 Å². The summed E-state index contributed by atoms with van der Waals surface area (Å²) in [4.78, 5) is 0. The minimum atomic E-state index is 0.601. The van der Waals surface area contributed by atoms with Gasteiger partial charge in [0.05, 0.1) is 18.1 Å². The molecule has 5 heteroatoms. The summed E-state index contributed by atoms with van der Waals surface area (Å²) in [5, 5.41) is 12.2. The summed E-state index contributed by atoms with van der Waals surface area (Å²) in [6.45, 7) is 0.601. The Hall–Kier alpha value is -2.43. The number of aromatic nitrogens is 5. The van der Waals surface area contributed by atoms with Crippen LogP contribution in [0.25, 0.3) is 11.3 Å². The zero-order valence-corrected chi connectivity index (χ0v) is 9.69. The van der Waals surface area contributed by atoms with E-state index in [1.54, 1.807) is 10.9 Å². The predicted molar refractivity (Wildman–Crippen MR) is 65.9 cm³/mol. The lowest BCUT2D eigenvalue weighted by Crippen LogP contribution is -2.11. The first-order valence-corrected chi connectivity index (χ1v) is 5.89. The molecule has 0 fully saturated rings. The zero-order valence-electron chi connectivity index (χ0n) is 9.69. The molecule has 0 radical (unpaired) electrons. The second-order valence-corrected chi connectivity index (χ2v) is 4.44. The van der Waals surface area contributed by atoms with E-state index >= 15 is 0 Å². The lowest BCUT2D eigenvalue weighted by molar-refractivity contribution is 0.494. The Balaban J connectivity index is 1.81. The van der Waals surface area contributed by atoms with E-state index in [4.69, 9.17) is 0 Å². The highest BCUT2D eigenvalue weighted by atomic mass is 15.5. The smallest absolute Gasteiger partial charge is 0.135 e. The van der Waals surface area contributed by atoms with Crippen LogP contribution < -0.4 is 0 Å². The van der Waals surface area contributed by atoms with Crippen LogP contribution >= 0.6 is 0 Å². The largest absolute Gasteiger partial charge is 0.243 e. The molecule has 0 N–H and O–H groups in total. The van der Waals surface area contributed by atoms with Crippen LogP contribution in [-0.2, 0) is 13.1 Å². The van der Waals surface area contributed by atoms with Crippen molar-refractivity contribution in [1.82, 2.24) is 24.8 Å². The van der Waals surface area contributed by atoms with Crippen LogP contribution in [0, 0.1) is 0 Å². The first-order valence-electron chi connectivity index (χ1n) is 5.89. The van der Waals surface area contributed by atoms with Crippen LogP contribution in [0.5, 0.6) is 0 Å². The first kappa shape index (κ1) is 9.58. The van der Waals surface area contributed by atoms with Gasteiger partial charge in [-0.3, -0.25) is 0 Å². The molecule has 0 saturated heterocycles. The van der Waals surface area contributed by atoms with Crippen molar-refractivity contribution in [3.8, 4) is 11.3 Å². The van der Waals surface area contributed by atoms with Gasteiger partial charge in [0.1, 0.15) is 6.67 Å². The molecule has 0 amide bonds. The van der Waals surface area contributed by atoms with E-state index in [1.165, 1.54) is 22.4 Å². The van der Waals surface area contributed by atoms with E-state index in [9.17, 15) is 0 Å². The number of rotatable bonds is 2. The molecule has 1 aliphatic rings. The number of hydrogen-bond donors (Lipinski definition) is 0. The van der Waals surface area contributed by atoms with E-state index in [2.05, 4.69) is 39.7 Å². The SMILES string of the molecule is c1ccc2c(c1)Cc1cnn(Cn3ccnn3)c1-2. The second-order valence-electron chi connectivity index (χ2n) is 4.44. The van der Waals surface area contributed by atoms with Gasteiger partial charge in [0.2, 0.25) is 0 Å². The van der Waals surface area contributed by atoms with Crippen molar-refractivity contribution >= 4 is 0 Å². The summed E-state index contributed by atoms with van der Waals surface area (Å²) in [6.07, 6.45) is 6.45. The summed E-state index contributed by atoms with van der Waals surface area (Å²) < 4.78 is 3.75. The Morgan fingerprint density at radius 1 is 1.17 bits per heavy atom. The highest BCUT2D eigenvalue weighted by Crippen LogP contribution is 2.35. The maximum Gasteiger partial charge on any atom is 0.135 e. The molecule has 2 aromatic heterocycles. The topological polar surface area (TPSA) is 48.5 Å². The average molecular weight is 237 g/mol. The van der Waals surface area contributed by atoms with Gasteiger partial charge in [0.25, 0.3) is 0 Å². The van der Waals surface area contributed by atoms with Gasteiger partial charge in [0, 0.05) is 23.7 Å². The maximum atomic E-state index is 4.44. The number of fused-ring (bicyclic) bond motifs is 3. The van der Waals surface area contributed by atoms with Crippen molar-refractivity contribution in [2.45, 2.75) is 13.1 Å². The Morgan fingerprint density at radius 3 is 3.00 bits per heavy atom. The van der Waals surface area contributed by atoms with E-state index < -0.39 is 0 Å². The summed E-state index contributed by atoms with van der Waals surface area (Å²) in [7, 11) is 0. The molecule has 1 aromatic carbocycles. The molecule has 18 heavy (non-hydrogen) atoms. The van der Waals surface area contributed by atoms with Crippen LogP contribution in [0.15, 0.2) is 42.9 Å². The minimum Gasteiger partial charge on any atom is -0.243 e. The Morgan fingerprint density at radius 2 is 2.11 bits per heavy atom. The predicted octanol–water partition coefficient (Wildman–Crippen LogP) is 1.55. The van der Waals surface area contributed by atoms with E-state index in [0.29, 0.717) is 6.67 Å². The molecule has 0 saturated carbocycles. The van der Waals surface area contributed by atoms with Gasteiger partial charge in [-0.25, -0.2) is 9.36 Å². The van der Waals surface area contributed by atoms with Gasteiger partial charge in [-0.15, -0.1) is 5.10 Å². The van der Waals surface area contributed by atoms with E-state index in [-0.39, 0.29) is 0 Å². The molecule has 0 bridgehead atoms. The van der Waals surface area contributed by atoms with Gasteiger partial charge >= 0.3 is 0 Å². The first-order chi connectivity index (χ1) is 8.92. The Kier molecular flexibility index (Phi) is 1.88. The molecule has 1 aliphatic carbocycles. The van der Waals surface area contributed by atoms with Crippen LogP contribution in [-0.4, -0.2) is 24.8 Å². The molecular weight excluding hydrogens is 226 g/mol. The number of nitrogens with zero attached hydrogens (tertiary/aromatic N) is 5. The Bertz CT molecular complexity index is 696. The van der Waals surface area contributed by atoms with Crippen LogP contribution in [0.1, 0.15) is 11.1 Å². The monoisotopic (exact) mass is 237 g/mol. The molecule has 88 valence electrons. The molecule has 0 spiro atoms. The molecule has 4 rings (SSSR count). The van der Waals surface area contributed by atoms with Crippen molar-refractivity contribution in [3.05, 3.63) is 54.0 Å². The van der Waals surface area contributed by atoms with Crippen molar-refractivity contribution < 1.29 is 0 Å². The summed E-state index contributed by atoms with van der Waals surface area (Å²) in [5.74, 6) is 0. The van der Waals surface area contributed by atoms with Gasteiger partial charge in [-0.2, -0.15) is 5.10 Å². The third-order valence-electron chi connectivity index (χ3n) is 3.32. The highest BCUT2D eigenvalue weighted by Gasteiger charge is 2.22. The summed E-state index contributed by atoms with van der Waals surface area (Å²) in [5.41, 5.74) is 5.15. The standard InChI is InChI=1S/C13H11N5/c1-2-4-12-10(3-1)7-11-8-15-18(13(11)12)9-17-6-5-14-16-17/h1-6,8H,7,9H2. The van der Waals surface area contributed by atoms with Crippen LogP contribution in [0.3, 0.4) is 0 Å². The molecular formula is C13H11N5. The quantitative estimate of drug-likeness (QED) is 0.531. The molecule has 0 unspecified atom stereocenters. The Labute approximate surface area is 104 Å². The molecule has 2 heterocycles. The van der Waals surface area contributed by atoms with Gasteiger partial charge in [-0.1, -0.05) is 29.5 Å². The molecule has 5 nitrogen and oxygen atoms in total. The van der Waals surface area contributed by atoms with Gasteiger partial charge in [0.15, 0.2) is 0 Å². The number of hydrogen-bond acceptors (Lipinski definition) is 3. The maximum absolute atomic E-state index is 4.44. The third kappa shape index (κ3) is 1.30. The average Bonchev–Trinajstić information content (AvgIpc) is 3.07. The fourth-order valence-electron chi connectivity index (χ4n) is 2.53. The van der Waals surface area contributed by atoms with Crippen LogP contribution in [0.2, 0.25) is 0 Å². The lowest BCUT2D eigenvalue weighted by atomic mass is 10.1. The minimum absolute atomic E-state index is 0.601. The number of benzene rings is 1. The van der Waals surface area contributed by atoms with E-state index in [1.807, 2.05) is 17.1 Å². The molecule has 0 atom stereocenters. The third-order valence-corrected chi connectivity index (χ3v) is 3.32. The highest BCUT2D eigenvalue weighted by molar-refractivity contribution is 5.73. The lowest BCUT2D eigenvalue weighted by Gasteiger charge is -2.06. The molecule has 0 aliphatic heterocycles. The normalized spacial score (nSPS) is 12.4. The van der Waals surface area contributed by atoms with Crippen molar-refractivity contribution in [1.29, 1.82) is 0 Å². The second kappa shape index (κ2) is 3.53. The van der Waals surface area contributed by atoms with Crippen LogP contribution in [0.4, 0.5) is 0 Å². The van der Waals surface area contributed by atoms with Gasteiger partial charge < -0.3 is 0 Å².